The van der Waals surface area contributed by atoms with Gasteiger partial charge in [-0.15, -0.1) is 6.58 Å². The van der Waals surface area contributed by atoms with Crippen molar-refractivity contribution in [2.45, 2.75) is 52.0 Å². The van der Waals surface area contributed by atoms with Crippen LogP contribution < -0.4 is 5.32 Å². The average Bonchev–Trinajstić information content (AvgIpc) is 2.85. The molecule has 1 amide bonds. The van der Waals surface area contributed by atoms with E-state index < -0.39 is 24.3 Å². The molecule has 2 aromatic rings. The molecule has 8 heteroatoms. The Labute approximate surface area is 212 Å². The van der Waals surface area contributed by atoms with Crippen LogP contribution in [-0.4, -0.2) is 54.2 Å². The molecule has 1 fully saturated rings. The van der Waals surface area contributed by atoms with E-state index in [1.54, 1.807) is 12.1 Å². The lowest BCUT2D eigenvalue weighted by molar-refractivity contribution is -0.275. The van der Waals surface area contributed by atoms with E-state index in [0.29, 0.717) is 12.2 Å². The van der Waals surface area contributed by atoms with Gasteiger partial charge < -0.3 is 29.5 Å². The van der Waals surface area contributed by atoms with Crippen molar-refractivity contribution in [3.8, 4) is 0 Å². The van der Waals surface area contributed by atoms with Crippen LogP contribution in [0.1, 0.15) is 49.9 Å². The molecule has 0 spiro atoms. The van der Waals surface area contributed by atoms with E-state index in [1.165, 1.54) is 13.8 Å². The van der Waals surface area contributed by atoms with Crippen LogP contribution in [0.4, 0.5) is 5.69 Å². The zero-order valence-corrected chi connectivity index (χ0v) is 21.3. The van der Waals surface area contributed by atoms with Crippen LogP contribution in [0.2, 0.25) is 0 Å². The summed E-state index contributed by atoms with van der Waals surface area (Å²) in [6.07, 6.45) is -0.0756. The molecule has 194 valence electrons. The smallest absolute Gasteiger partial charge is 0.303 e. The molecule has 1 saturated heterocycles. The molecule has 5 atom stereocenters. The standard InChI is InChI=1S/C28H36N2O6/c1-6-14-30(5)16-25-18(2)26(22-12-10-21(17-31)11-13-22)36-28(35-25)23-8-7-9-24(15-23)29-27(33)19(3)34-20(4)32/h6-13,15,18-19,25-26,28,31H,1,14,16-17H2,2-5H3,(H,29,33). The first-order valence-corrected chi connectivity index (χ1v) is 12.1. The molecule has 0 bridgehead atoms. The summed E-state index contributed by atoms with van der Waals surface area (Å²) in [5.74, 6) is -0.886. The van der Waals surface area contributed by atoms with E-state index in [1.807, 2.05) is 49.5 Å². The molecule has 8 nitrogen and oxygen atoms in total. The second-order valence-corrected chi connectivity index (χ2v) is 9.20. The second kappa shape index (κ2) is 12.8. The summed E-state index contributed by atoms with van der Waals surface area (Å²) in [5, 5.41) is 12.2. The summed E-state index contributed by atoms with van der Waals surface area (Å²) in [4.78, 5) is 25.7. The highest BCUT2D eigenvalue weighted by atomic mass is 16.7. The number of hydrogen-bond donors (Lipinski definition) is 2. The van der Waals surface area contributed by atoms with Crippen LogP contribution in [0, 0.1) is 5.92 Å². The summed E-state index contributed by atoms with van der Waals surface area (Å²) in [5.41, 5.74) is 3.15. The van der Waals surface area contributed by atoms with Crippen molar-refractivity contribution >= 4 is 17.6 Å². The fourth-order valence-corrected chi connectivity index (χ4v) is 4.24. The normalized spacial score (nSPS) is 22.6. The Kier molecular flexibility index (Phi) is 9.78. The first-order valence-electron chi connectivity index (χ1n) is 12.1. The van der Waals surface area contributed by atoms with Gasteiger partial charge in [-0.25, -0.2) is 0 Å². The maximum atomic E-state index is 12.4. The van der Waals surface area contributed by atoms with E-state index in [9.17, 15) is 14.7 Å². The molecular formula is C28H36N2O6. The predicted octanol–water partition coefficient (Wildman–Crippen LogP) is 3.98. The highest BCUT2D eigenvalue weighted by Gasteiger charge is 2.38. The third-order valence-electron chi connectivity index (χ3n) is 6.19. The van der Waals surface area contributed by atoms with Crippen LogP contribution in [-0.2, 0) is 30.4 Å². The van der Waals surface area contributed by atoms with Crippen molar-refractivity contribution in [3.05, 3.63) is 77.9 Å². The Balaban J connectivity index is 1.85. The summed E-state index contributed by atoms with van der Waals surface area (Å²) in [6.45, 7) is 10.1. The van der Waals surface area contributed by atoms with Crippen molar-refractivity contribution in [1.29, 1.82) is 0 Å². The molecule has 1 aliphatic heterocycles. The first kappa shape index (κ1) is 27.5. The zero-order chi connectivity index (χ0) is 26.2. The minimum atomic E-state index is -0.912. The Hall–Kier alpha value is -3.04. The number of esters is 1. The number of ether oxygens (including phenoxy) is 3. The molecule has 0 radical (unpaired) electrons. The molecular weight excluding hydrogens is 460 g/mol. The monoisotopic (exact) mass is 496 g/mol. The SMILES string of the molecule is C=CCN(C)CC1OC(c2cccc(NC(=O)C(C)OC(C)=O)c2)OC(c2ccc(CO)cc2)C1C. The Bertz CT molecular complexity index is 1040. The van der Waals surface area contributed by atoms with Gasteiger partial charge in [-0.3, -0.25) is 9.59 Å². The van der Waals surface area contributed by atoms with E-state index >= 15 is 0 Å². The van der Waals surface area contributed by atoms with Crippen LogP contribution in [0.3, 0.4) is 0 Å². The van der Waals surface area contributed by atoms with Crippen molar-refractivity contribution in [2.24, 2.45) is 5.92 Å². The lowest BCUT2D eigenvalue weighted by atomic mass is 9.90. The quantitative estimate of drug-likeness (QED) is 0.379. The molecule has 36 heavy (non-hydrogen) atoms. The van der Waals surface area contributed by atoms with Gasteiger partial charge in [0.05, 0.1) is 18.8 Å². The first-order chi connectivity index (χ1) is 17.2. The number of carbonyl (C=O) groups is 2. The Morgan fingerprint density at radius 1 is 1.19 bits per heavy atom. The van der Waals surface area contributed by atoms with Gasteiger partial charge in [0.25, 0.3) is 5.91 Å². The number of carbonyl (C=O) groups excluding carboxylic acids is 2. The summed E-state index contributed by atoms with van der Waals surface area (Å²) < 4.78 is 17.9. The van der Waals surface area contributed by atoms with Crippen molar-refractivity contribution in [1.82, 2.24) is 4.90 Å². The number of nitrogens with one attached hydrogen (secondary N) is 1. The number of aliphatic hydroxyl groups is 1. The van der Waals surface area contributed by atoms with Gasteiger partial charge >= 0.3 is 5.97 Å². The van der Waals surface area contributed by atoms with Gasteiger partial charge in [0.2, 0.25) is 0 Å². The molecule has 0 aromatic heterocycles. The molecule has 3 rings (SSSR count). The summed E-state index contributed by atoms with van der Waals surface area (Å²) in [7, 11) is 2.02. The summed E-state index contributed by atoms with van der Waals surface area (Å²) in [6, 6.07) is 15.0. The number of amides is 1. The fourth-order valence-electron chi connectivity index (χ4n) is 4.24. The second-order valence-electron chi connectivity index (χ2n) is 9.20. The van der Waals surface area contributed by atoms with Gasteiger partial charge in [0.1, 0.15) is 0 Å². The number of aliphatic hydroxyl groups excluding tert-OH is 1. The largest absolute Gasteiger partial charge is 0.453 e. The molecule has 5 unspecified atom stereocenters. The molecule has 0 aliphatic carbocycles. The molecule has 1 heterocycles. The van der Waals surface area contributed by atoms with Crippen LogP contribution in [0.5, 0.6) is 0 Å². The van der Waals surface area contributed by atoms with E-state index in [2.05, 4.69) is 23.7 Å². The van der Waals surface area contributed by atoms with Crippen molar-refractivity contribution in [2.75, 3.05) is 25.5 Å². The molecule has 2 aromatic carbocycles. The number of nitrogens with zero attached hydrogens (tertiary/aromatic N) is 1. The van der Waals surface area contributed by atoms with Crippen LogP contribution in [0.25, 0.3) is 0 Å². The lowest BCUT2D eigenvalue weighted by Crippen LogP contribution is -2.43. The fraction of sp³-hybridized carbons (Fsp3) is 0.429. The third kappa shape index (κ3) is 7.24. The third-order valence-corrected chi connectivity index (χ3v) is 6.19. The van der Waals surface area contributed by atoms with Gasteiger partial charge in [-0.05, 0) is 37.2 Å². The van der Waals surface area contributed by atoms with Crippen LogP contribution in [0.15, 0.2) is 61.2 Å². The Morgan fingerprint density at radius 2 is 1.92 bits per heavy atom. The molecule has 2 N–H and O–H groups in total. The Morgan fingerprint density at radius 3 is 2.56 bits per heavy atom. The van der Waals surface area contributed by atoms with E-state index in [4.69, 9.17) is 14.2 Å². The topological polar surface area (TPSA) is 97.3 Å². The number of anilines is 1. The number of rotatable bonds is 10. The number of likely N-dealkylation sites (N-methyl/N-ethyl adjacent to an activating group) is 1. The highest BCUT2D eigenvalue weighted by molar-refractivity contribution is 5.95. The van der Waals surface area contributed by atoms with Gasteiger partial charge in [0, 0.05) is 37.2 Å². The highest BCUT2D eigenvalue weighted by Crippen LogP contribution is 2.42. The lowest BCUT2D eigenvalue weighted by Gasteiger charge is -2.42. The molecule has 0 saturated carbocycles. The van der Waals surface area contributed by atoms with Gasteiger partial charge in [-0.1, -0.05) is 49.4 Å². The minimum absolute atomic E-state index is 0.0172. The van der Waals surface area contributed by atoms with Crippen molar-refractivity contribution in [3.63, 3.8) is 0 Å². The minimum Gasteiger partial charge on any atom is -0.453 e. The zero-order valence-electron chi connectivity index (χ0n) is 21.3. The van der Waals surface area contributed by atoms with Crippen molar-refractivity contribution < 1.29 is 28.9 Å². The number of benzene rings is 2. The van der Waals surface area contributed by atoms with Gasteiger partial charge in [-0.2, -0.15) is 0 Å². The van der Waals surface area contributed by atoms with E-state index in [-0.39, 0.29) is 24.7 Å². The maximum absolute atomic E-state index is 12.4. The number of hydrogen-bond acceptors (Lipinski definition) is 7. The molecule has 1 aliphatic rings. The predicted molar refractivity (Wildman–Crippen MR) is 137 cm³/mol. The van der Waals surface area contributed by atoms with E-state index in [0.717, 1.165) is 23.2 Å². The average molecular weight is 497 g/mol. The van der Waals surface area contributed by atoms with Gasteiger partial charge in [0.15, 0.2) is 12.4 Å². The summed E-state index contributed by atoms with van der Waals surface area (Å²) >= 11 is 0. The van der Waals surface area contributed by atoms with Crippen LogP contribution >= 0.6 is 0 Å². The maximum Gasteiger partial charge on any atom is 0.303 e.